The van der Waals surface area contributed by atoms with E-state index in [0.29, 0.717) is 13.1 Å². The van der Waals surface area contributed by atoms with Gasteiger partial charge in [0.1, 0.15) is 5.60 Å². The van der Waals surface area contributed by atoms with E-state index in [1.165, 1.54) is 5.56 Å². The van der Waals surface area contributed by atoms with Crippen LogP contribution in [0.15, 0.2) is 43.0 Å². The van der Waals surface area contributed by atoms with Crippen LogP contribution in [-0.4, -0.2) is 35.2 Å². The quantitative estimate of drug-likeness (QED) is 0.842. The lowest BCUT2D eigenvalue weighted by molar-refractivity contribution is 0.0280. The van der Waals surface area contributed by atoms with Crippen molar-refractivity contribution in [2.24, 2.45) is 0 Å². The molecule has 0 bridgehead atoms. The minimum absolute atomic E-state index is 0.117. The second kappa shape index (κ2) is 7.18. The van der Waals surface area contributed by atoms with Crippen molar-refractivity contribution in [1.29, 1.82) is 0 Å². The van der Waals surface area contributed by atoms with E-state index in [9.17, 15) is 4.79 Å². The number of ether oxygens (including phenoxy) is 1. The van der Waals surface area contributed by atoms with E-state index in [0.717, 1.165) is 19.4 Å². The zero-order valence-corrected chi connectivity index (χ0v) is 14.5. The molecule has 1 aromatic rings. The van der Waals surface area contributed by atoms with Crippen LogP contribution in [0.1, 0.15) is 39.2 Å². The monoisotopic (exact) mass is 316 g/mol. The van der Waals surface area contributed by atoms with Crippen LogP contribution in [0.4, 0.5) is 4.79 Å². The fourth-order valence-corrected chi connectivity index (χ4v) is 2.90. The first kappa shape index (κ1) is 17.5. The fourth-order valence-electron chi connectivity index (χ4n) is 2.90. The molecule has 0 saturated carbocycles. The van der Waals surface area contributed by atoms with Crippen LogP contribution < -0.4 is 5.32 Å². The first-order valence-electron chi connectivity index (χ1n) is 8.21. The summed E-state index contributed by atoms with van der Waals surface area (Å²) in [6, 6.07) is 10.3. The number of nitrogens with zero attached hydrogens (tertiary/aromatic N) is 1. The Morgan fingerprint density at radius 1 is 1.39 bits per heavy atom. The molecule has 1 aliphatic heterocycles. The van der Waals surface area contributed by atoms with E-state index in [4.69, 9.17) is 4.74 Å². The number of nitrogens with one attached hydrogen (secondary N) is 1. The predicted octanol–water partition coefficient (Wildman–Crippen LogP) is 3.73. The lowest BCUT2D eigenvalue weighted by Crippen LogP contribution is -2.48. The summed E-state index contributed by atoms with van der Waals surface area (Å²) in [4.78, 5) is 14.1. The average Bonchev–Trinajstić information content (AvgIpc) is 2.90. The van der Waals surface area contributed by atoms with Gasteiger partial charge in [-0.05, 0) is 39.2 Å². The normalized spacial score (nSPS) is 21.3. The summed E-state index contributed by atoms with van der Waals surface area (Å²) in [5, 5.41) is 3.64. The second-order valence-electron chi connectivity index (χ2n) is 7.26. The molecule has 2 rings (SSSR count). The molecular formula is C19H28N2O2. The molecule has 1 heterocycles. The molecule has 1 atom stereocenters. The van der Waals surface area contributed by atoms with Crippen molar-refractivity contribution in [3.63, 3.8) is 0 Å². The number of rotatable bonds is 5. The molecule has 0 radical (unpaired) electrons. The Morgan fingerprint density at radius 3 is 2.70 bits per heavy atom. The molecule has 1 amide bonds. The molecule has 4 heteroatoms. The van der Waals surface area contributed by atoms with Gasteiger partial charge < -0.3 is 15.0 Å². The van der Waals surface area contributed by atoms with Crippen molar-refractivity contribution in [3.05, 3.63) is 48.6 Å². The van der Waals surface area contributed by atoms with Crippen LogP contribution in [-0.2, 0) is 11.3 Å². The number of carbonyl (C=O) groups is 1. The molecule has 126 valence electrons. The number of hydrogen-bond acceptors (Lipinski definition) is 3. The topological polar surface area (TPSA) is 41.6 Å². The molecule has 0 spiro atoms. The Hall–Kier alpha value is -1.81. The van der Waals surface area contributed by atoms with Gasteiger partial charge in [-0.15, -0.1) is 6.58 Å². The van der Waals surface area contributed by atoms with E-state index < -0.39 is 5.60 Å². The molecule has 4 nitrogen and oxygen atoms in total. The number of carbonyl (C=O) groups excluding carboxylic acids is 1. The van der Waals surface area contributed by atoms with E-state index >= 15 is 0 Å². The highest BCUT2D eigenvalue weighted by atomic mass is 16.6. The summed E-state index contributed by atoms with van der Waals surface area (Å²) in [6.45, 7) is 11.7. The fraction of sp³-hybridized carbons (Fsp3) is 0.526. The summed E-state index contributed by atoms with van der Waals surface area (Å²) in [6.07, 6.45) is 3.44. The van der Waals surface area contributed by atoms with Crippen molar-refractivity contribution >= 4 is 6.09 Å². The van der Waals surface area contributed by atoms with Gasteiger partial charge in [-0.25, -0.2) is 4.79 Å². The van der Waals surface area contributed by atoms with E-state index in [1.807, 2.05) is 45.0 Å². The molecule has 1 aliphatic rings. The maximum atomic E-state index is 12.3. The minimum Gasteiger partial charge on any atom is -0.444 e. The molecule has 1 aromatic carbocycles. The SMILES string of the molecule is C=CC[C@]1(NCc2ccccc2)CCN(C(=O)OC(C)(C)C)C1. The summed E-state index contributed by atoms with van der Waals surface area (Å²) < 4.78 is 5.49. The second-order valence-corrected chi connectivity index (χ2v) is 7.26. The standard InChI is InChI=1S/C19H28N2O2/c1-5-11-19(20-14-16-9-7-6-8-10-16)12-13-21(15-19)17(22)23-18(2,3)4/h5-10,20H,1,11-15H2,2-4H3/t19-/m0/s1. The molecule has 0 unspecified atom stereocenters. The Kier molecular flexibility index (Phi) is 5.47. The summed E-state index contributed by atoms with van der Waals surface area (Å²) in [7, 11) is 0. The van der Waals surface area contributed by atoms with Gasteiger partial charge in [0.15, 0.2) is 0 Å². The van der Waals surface area contributed by atoms with E-state index in [1.54, 1.807) is 4.90 Å². The largest absolute Gasteiger partial charge is 0.444 e. The van der Waals surface area contributed by atoms with Crippen LogP contribution in [0.2, 0.25) is 0 Å². The van der Waals surface area contributed by atoms with Gasteiger partial charge in [-0.2, -0.15) is 0 Å². The average molecular weight is 316 g/mol. The van der Waals surface area contributed by atoms with Crippen LogP contribution in [0, 0.1) is 0 Å². The van der Waals surface area contributed by atoms with Crippen molar-refractivity contribution in [1.82, 2.24) is 10.2 Å². The molecule has 1 saturated heterocycles. The maximum Gasteiger partial charge on any atom is 0.410 e. The molecule has 23 heavy (non-hydrogen) atoms. The van der Waals surface area contributed by atoms with Crippen LogP contribution >= 0.6 is 0 Å². The third-order valence-electron chi connectivity index (χ3n) is 4.05. The zero-order valence-electron chi connectivity index (χ0n) is 14.5. The smallest absolute Gasteiger partial charge is 0.410 e. The molecule has 0 aliphatic carbocycles. The van der Waals surface area contributed by atoms with Crippen molar-refractivity contribution in [2.75, 3.05) is 13.1 Å². The van der Waals surface area contributed by atoms with E-state index in [2.05, 4.69) is 24.0 Å². The first-order valence-corrected chi connectivity index (χ1v) is 8.21. The zero-order chi connectivity index (χ0) is 16.9. The summed E-state index contributed by atoms with van der Waals surface area (Å²) >= 11 is 0. The highest BCUT2D eigenvalue weighted by Crippen LogP contribution is 2.27. The number of hydrogen-bond donors (Lipinski definition) is 1. The van der Waals surface area contributed by atoms with Gasteiger partial charge in [0.25, 0.3) is 0 Å². The maximum absolute atomic E-state index is 12.3. The number of benzene rings is 1. The Bertz CT molecular complexity index is 536. The number of amides is 1. The molecule has 0 aromatic heterocycles. The molecular weight excluding hydrogens is 288 g/mol. The third-order valence-corrected chi connectivity index (χ3v) is 4.05. The Balaban J connectivity index is 1.99. The lowest BCUT2D eigenvalue weighted by Gasteiger charge is -2.30. The summed E-state index contributed by atoms with van der Waals surface area (Å²) in [5.74, 6) is 0. The highest BCUT2D eigenvalue weighted by Gasteiger charge is 2.40. The van der Waals surface area contributed by atoms with E-state index in [-0.39, 0.29) is 11.6 Å². The van der Waals surface area contributed by atoms with Gasteiger partial charge in [0, 0.05) is 25.2 Å². The van der Waals surface area contributed by atoms with Gasteiger partial charge in [-0.1, -0.05) is 36.4 Å². The molecule has 1 N–H and O–H groups in total. The third kappa shape index (κ3) is 5.10. The first-order chi connectivity index (χ1) is 10.8. The Labute approximate surface area is 139 Å². The van der Waals surface area contributed by atoms with Crippen molar-refractivity contribution in [3.8, 4) is 0 Å². The minimum atomic E-state index is -0.460. The Morgan fingerprint density at radius 2 is 2.09 bits per heavy atom. The van der Waals surface area contributed by atoms with Crippen molar-refractivity contribution in [2.45, 2.75) is 51.3 Å². The molecule has 1 fully saturated rings. The predicted molar refractivity (Wildman–Crippen MR) is 93.3 cm³/mol. The summed E-state index contributed by atoms with van der Waals surface area (Å²) in [5.41, 5.74) is 0.666. The number of likely N-dealkylation sites (tertiary alicyclic amines) is 1. The van der Waals surface area contributed by atoms with Gasteiger partial charge in [0.2, 0.25) is 0 Å². The lowest BCUT2D eigenvalue weighted by atomic mass is 9.93. The van der Waals surface area contributed by atoms with Gasteiger partial charge in [0.05, 0.1) is 0 Å². The van der Waals surface area contributed by atoms with Crippen LogP contribution in [0.5, 0.6) is 0 Å². The van der Waals surface area contributed by atoms with Gasteiger partial charge in [-0.3, -0.25) is 0 Å². The van der Waals surface area contributed by atoms with Gasteiger partial charge >= 0.3 is 6.09 Å². The highest BCUT2D eigenvalue weighted by molar-refractivity contribution is 5.68. The van der Waals surface area contributed by atoms with Crippen LogP contribution in [0.25, 0.3) is 0 Å². The van der Waals surface area contributed by atoms with Crippen LogP contribution in [0.3, 0.4) is 0 Å². The van der Waals surface area contributed by atoms with Crippen molar-refractivity contribution < 1.29 is 9.53 Å².